The first kappa shape index (κ1) is 12.7. The number of aromatic nitrogens is 1. The number of imide groups is 1. The summed E-state index contributed by atoms with van der Waals surface area (Å²) < 4.78 is 5.21. The van der Waals surface area contributed by atoms with Gasteiger partial charge in [-0.15, -0.1) is 0 Å². The molecule has 0 saturated carbocycles. The number of carbonyl (C=O) groups is 2. The summed E-state index contributed by atoms with van der Waals surface area (Å²) >= 11 is 0. The van der Waals surface area contributed by atoms with Gasteiger partial charge in [-0.1, -0.05) is 17.3 Å². The second-order valence-corrected chi connectivity index (χ2v) is 4.93. The average molecular weight is 273 g/mol. The zero-order valence-electron chi connectivity index (χ0n) is 11.4. The van der Waals surface area contributed by atoms with Crippen molar-refractivity contribution in [1.29, 1.82) is 0 Å². The summed E-state index contributed by atoms with van der Waals surface area (Å²) in [6.45, 7) is 2.05. The summed E-state index contributed by atoms with van der Waals surface area (Å²) in [6, 6.07) is 6.90. The largest absolute Gasteiger partial charge is 0.356 e. The normalized spacial score (nSPS) is 19.4. The molecule has 0 radical (unpaired) electrons. The minimum Gasteiger partial charge on any atom is -0.356 e. The first-order valence-corrected chi connectivity index (χ1v) is 6.51. The number of carbonyl (C=O) groups excluding carboxylic acids is 2. The Morgan fingerprint density at radius 2 is 2.05 bits per heavy atom. The van der Waals surface area contributed by atoms with Gasteiger partial charge >= 0.3 is 6.03 Å². The molecule has 0 unspecified atom stereocenters. The lowest BCUT2D eigenvalue weighted by Crippen LogP contribution is -2.33. The second kappa shape index (κ2) is 4.63. The Balaban J connectivity index is 1.77. The topological polar surface area (TPSA) is 66.7 Å². The molecule has 0 bridgehead atoms. The van der Waals surface area contributed by atoms with Crippen LogP contribution in [0, 0.1) is 0 Å². The van der Waals surface area contributed by atoms with Gasteiger partial charge in [0.25, 0.3) is 5.91 Å². The molecule has 1 aromatic carbocycles. The van der Waals surface area contributed by atoms with Gasteiger partial charge in [0.1, 0.15) is 6.04 Å². The Bertz CT molecular complexity index is 659. The third-order valence-electron chi connectivity index (χ3n) is 3.76. The molecule has 3 amide bonds. The van der Waals surface area contributed by atoms with Crippen LogP contribution >= 0.6 is 0 Å². The number of benzene rings is 1. The summed E-state index contributed by atoms with van der Waals surface area (Å²) in [5.41, 5.74) is 1.48. The third kappa shape index (κ3) is 1.84. The van der Waals surface area contributed by atoms with Crippen LogP contribution in [0.25, 0.3) is 11.0 Å². The van der Waals surface area contributed by atoms with Crippen LogP contribution in [0.2, 0.25) is 0 Å². The molecular formula is C14H15N3O3. The number of likely N-dealkylation sites (N-methyl/N-ethyl adjacent to an activating group) is 1. The van der Waals surface area contributed by atoms with Crippen molar-refractivity contribution >= 4 is 22.9 Å². The number of rotatable bonds is 3. The number of hydrogen-bond acceptors (Lipinski definition) is 4. The van der Waals surface area contributed by atoms with Crippen LogP contribution in [-0.2, 0) is 11.2 Å². The fraction of sp³-hybridized carbons (Fsp3) is 0.357. The summed E-state index contributed by atoms with van der Waals surface area (Å²) in [6.07, 6.45) is 0.495. The van der Waals surface area contributed by atoms with Crippen molar-refractivity contribution in [2.24, 2.45) is 0 Å². The predicted molar refractivity (Wildman–Crippen MR) is 72.0 cm³/mol. The molecule has 0 spiro atoms. The van der Waals surface area contributed by atoms with Gasteiger partial charge in [0.15, 0.2) is 5.58 Å². The Labute approximate surface area is 115 Å². The number of para-hydroxylation sites is 1. The van der Waals surface area contributed by atoms with E-state index >= 15 is 0 Å². The smallest absolute Gasteiger partial charge is 0.327 e. The van der Waals surface area contributed by atoms with E-state index < -0.39 is 6.04 Å². The highest BCUT2D eigenvalue weighted by Gasteiger charge is 2.39. The lowest BCUT2D eigenvalue weighted by molar-refractivity contribution is -0.127. The Hall–Kier alpha value is -2.37. The summed E-state index contributed by atoms with van der Waals surface area (Å²) in [4.78, 5) is 26.6. The van der Waals surface area contributed by atoms with E-state index in [1.54, 1.807) is 14.0 Å². The van der Waals surface area contributed by atoms with Gasteiger partial charge in [-0.05, 0) is 19.1 Å². The maximum atomic E-state index is 12.0. The number of urea groups is 1. The minimum absolute atomic E-state index is 0.162. The minimum atomic E-state index is -0.392. The van der Waals surface area contributed by atoms with Crippen LogP contribution in [0.1, 0.15) is 12.6 Å². The monoisotopic (exact) mass is 273 g/mol. The quantitative estimate of drug-likeness (QED) is 0.797. The van der Waals surface area contributed by atoms with E-state index in [-0.39, 0.29) is 11.9 Å². The number of nitrogens with zero attached hydrogens (tertiary/aromatic N) is 3. The predicted octanol–water partition coefficient (Wildman–Crippen LogP) is 1.65. The molecule has 20 heavy (non-hydrogen) atoms. The molecule has 2 heterocycles. The zero-order valence-corrected chi connectivity index (χ0v) is 11.4. The summed E-state index contributed by atoms with van der Waals surface area (Å²) in [5, 5.41) is 4.93. The molecule has 2 aromatic rings. The number of fused-ring (bicyclic) bond motifs is 1. The van der Waals surface area contributed by atoms with Crippen molar-refractivity contribution in [1.82, 2.24) is 15.0 Å². The molecule has 0 N–H and O–H groups in total. The summed E-state index contributed by atoms with van der Waals surface area (Å²) in [5.74, 6) is -0.162. The van der Waals surface area contributed by atoms with Gasteiger partial charge in [0.2, 0.25) is 0 Å². The van der Waals surface area contributed by atoms with E-state index in [2.05, 4.69) is 5.16 Å². The second-order valence-electron chi connectivity index (χ2n) is 4.93. The van der Waals surface area contributed by atoms with E-state index in [0.29, 0.717) is 18.5 Å². The maximum Gasteiger partial charge on any atom is 0.327 e. The average Bonchev–Trinajstić information content (AvgIpc) is 2.95. The first-order valence-electron chi connectivity index (χ1n) is 6.51. The fourth-order valence-corrected chi connectivity index (χ4v) is 2.38. The van der Waals surface area contributed by atoms with Crippen molar-refractivity contribution < 1.29 is 14.1 Å². The van der Waals surface area contributed by atoms with Crippen LogP contribution in [0.3, 0.4) is 0 Å². The molecule has 1 aliphatic rings. The lowest BCUT2D eigenvalue weighted by Gasteiger charge is -2.12. The van der Waals surface area contributed by atoms with Gasteiger partial charge in [-0.2, -0.15) is 0 Å². The molecule has 1 aromatic heterocycles. The molecular weight excluding hydrogens is 258 g/mol. The fourth-order valence-electron chi connectivity index (χ4n) is 2.38. The molecule has 1 aliphatic heterocycles. The van der Waals surface area contributed by atoms with Crippen LogP contribution in [0.4, 0.5) is 4.79 Å². The molecule has 104 valence electrons. The van der Waals surface area contributed by atoms with E-state index in [4.69, 9.17) is 4.52 Å². The van der Waals surface area contributed by atoms with E-state index in [1.165, 1.54) is 9.80 Å². The highest BCUT2D eigenvalue weighted by molar-refractivity contribution is 6.03. The highest BCUT2D eigenvalue weighted by Crippen LogP contribution is 2.20. The molecule has 1 atom stereocenters. The Kier molecular flexibility index (Phi) is 2.93. The number of amides is 3. The Morgan fingerprint density at radius 3 is 2.75 bits per heavy atom. The first-order chi connectivity index (χ1) is 9.59. The standard InChI is InChI=1S/C14H15N3O3/c1-9-13(18)17(14(19)16(9)2)8-7-11-10-5-3-4-6-12(10)20-15-11/h3-6,9H,7-8H2,1-2H3/t9-/m0/s1. The van der Waals surface area contributed by atoms with E-state index in [0.717, 1.165) is 11.1 Å². The molecule has 1 saturated heterocycles. The molecule has 6 heteroatoms. The van der Waals surface area contributed by atoms with E-state index in [9.17, 15) is 9.59 Å². The van der Waals surface area contributed by atoms with Crippen LogP contribution < -0.4 is 0 Å². The van der Waals surface area contributed by atoms with Crippen LogP contribution in [0.5, 0.6) is 0 Å². The molecule has 3 rings (SSSR count). The van der Waals surface area contributed by atoms with Crippen molar-refractivity contribution in [2.75, 3.05) is 13.6 Å². The van der Waals surface area contributed by atoms with Gasteiger partial charge in [0, 0.05) is 25.4 Å². The lowest BCUT2D eigenvalue weighted by atomic mass is 10.1. The van der Waals surface area contributed by atoms with Crippen molar-refractivity contribution in [2.45, 2.75) is 19.4 Å². The van der Waals surface area contributed by atoms with Gasteiger partial charge in [0.05, 0.1) is 5.69 Å². The molecule has 1 fully saturated rings. The zero-order chi connectivity index (χ0) is 14.3. The SMILES string of the molecule is C[C@H]1C(=O)N(CCc2noc3ccccc23)C(=O)N1C. The van der Waals surface area contributed by atoms with Gasteiger partial charge < -0.3 is 9.42 Å². The van der Waals surface area contributed by atoms with Crippen molar-refractivity contribution in [3.63, 3.8) is 0 Å². The summed E-state index contributed by atoms with van der Waals surface area (Å²) in [7, 11) is 1.64. The van der Waals surface area contributed by atoms with Crippen LogP contribution in [0.15, 0.2) is 28.8 Å². The highest BCUT2D eigenvalue weighted by atomic mass is 16.5. The number of hydrogen-bond donors (Lipinski definition) is 0. The maximum absolute atomic E-state index is 12.0. The van der Waals surface area contributed by atoms with Crippen molar-refractivity contribution in [3.05, 3.63) is 30.0 Å². The molecule has 6 nitrogen and oxygen atoms in total. The van der Waals surface area contributed by atoms with Gasteiger partial charge in [-0.25, -0.2) is 4.79 Å². The molecule has 0 aliphatic carbocycles. The Morgan fingerprint density at radius 1 is 1.30 bits per heavy atom. The third-order valence-corrected chi connectivity index (χ3v) is 3.76. The van der Waals surface area contributed by atoms with Crippen molar-refractivity contribution in [3.8, 4) is 0 Å². The van der Waals surface area contributed by atoms with Crippen LogP contribution in [-0.4, -0.2) is 46.5 Å². The van der Waals surface area contributed by atoms with Gasteiger partial charge in [-0.3, -0.25) is 9.69 Å². The van der Waals surface area contributed by atoms with E-state index in [1.807, 2.05) is 24.3 Å².